The van der Waals surface area contributed by atoms with Crippen LogP contribution in [0.1, 0.15) is 5.56 Å². The number of anilines is 1. The fourth-order valence-corrected chi connectivity index (χ4v) is 2.40. The van der Waals surface area contributed by atoms with Gasteiger partial charge < -0.3 is 24.3 Å². The van der Waals surface area contributed by atoms with Gasteiger partial charge >= 0.3 is 0 Å². The lowest BCUT2D eigenvalue weighted by Gasteiger charge is -2.13. The van der Waals surface area contributed by atoms with Crippen molar-refractivity contribution < 1.29 is 18.9 Å². The summed E-state index contributed by atoms with van der Waals surface area (Å²) in [6.07, 6.45) is 1.60. The molecule has 2 aromatic carbocycles. The predicted octanol–water partition coefficient (Wildman–Crippen LogP) is 3.04. The van der Waals surface area contributed by atoms with Gasteiger partial charge in [0.05, 0.1) is 40.3 Å². The summed E-state index contributed by atoms with van der Waals surface area (Å²) in [6.45, 7) is 0. The number of thiocarbonyl (C=S) groups is 1. The molecule has 138 valence electrons. The van der Waals surface area contributed by atoms with E-state index in [-0.39, 0.29) is 0 Å². The second kappa shape index (κ2) is 9.47. The number of methoxy groups -OCH3 is 4. The van der Waals surface area contributed by atoms with E-state index in [1.165, 1.54) is 0 Å². The highest BCUT2D eigenvalue weighted by atomic mass is 32.1. The summed E-state index contributed by atoms with van der Waals surface area (Å²) in [5.41, 5.74) is 4.26. The smallest absolute Gasteiger partial charge is 0.203 e. The van der Waals surface area contributed by atoms with Crippen LogP contribution >= 0.6 is 12.2 Å². The zero-order valence-electron chi connectivity index (χ0n) is 15.0. The van der Waals surface area contributed by atoms with Gasteiger partial charge in [-0.3, -0.25) is 5.43 Å². The molecule has 0 fully saturated rings. The van der Waals surface area contributed by atoms with Crippen molar-refractivity contribution in [1.82, 2.24) is 5.43 Å². The number of hydrogen-bond acceptors (Lipinski definition) is 6. The number of ether oxygens (including phenoxy) is 4. The third kappa shape index (κ3) is 4.76. The fraction of sp³-hybridized carbons (Fsp3) is 0.222. The molecule has 0 aliphatic rings. The zero-order valence-corrected chi connectivity index (χ0v) is 15.8. The van der Waals surface area contributed by atoms with Gasteiger partial charge in [-0.05, 0) is 36.5 Å². The van der Waals surface area contributed by atoms with Crippen LogP contribution in [0.3, 0.4) is 0 Å². The maximum Gasteiger partial charge on any atom is 0.203 e. The minimum atomic E-state index is 0.332. The average molecular weight is 375 g/mol. The molecule has 0 radical (unpaired) electrons. The number of nitrogens with one attached hydrogen (secondary N) is 2. The van der Waals surface area contributed by atoms with Crippen molar-refractivity contribution in [3.63, 3.8) is 0 Å². The van der Waals surface area contributed by atoms with E-state index in [9.17, 15) is 0 Å². The highest BCUT2D eigenvalue weighted by molar-refractivity contribution is 7.80. The van der Waals surface area contributed by atoms with Crippen LogP contribution in [0.5, 0.6) is 23.0 Å². The van der Waals surface area contributed by atoms with Crippen LogP contribution in [0.15, 0.2) is 41.5 Å². The Morgan fingerprint density at radius 2 is 1.54 bits per heavy atom. The van der Waals surface area contributed by atoms with E-state index in [1.807, 2.05) is 24.3 Å². The molecular formula is C18H21N3O4S. The summed E-state index contributed by atoms with van der Waals surface area (Å²) in [5.74, 6) is 2.30. The summed E-state index contributed by atoms with van der Waals surface area (Å²) >= 11 is 5.23. The minimum absolute atomic E-state index is 0.332. The largest absolute Gasteiger partial charge is 0.495 e. The second-order valence-electron chi connectivity index (χ2n) is 4.98. The first-order valence-electron chi connectivity index (χ1n) is 7.66. The van der Waals surface area contributed by atoms with Crippen LogP contribution in [-0.2, 0) is 0 Å². The Balaban J connectivity index is 2.07. The SMILES string of the molecule is COc1ccccc1NC(=S)N/N=C\c1cc(OC)c(OC)c(OC)c1. The summed E-state index contributed by atoms with van der Waals surface area (Å²) in [7, 11) is 6.27. The van der Waals surface area contributed by atoms with Gasteiger partial charge in [-0.1, -0.05) is 12.1 Å². The molecule has 0 spiro atoms. The summed E-state index contributed by atoms with van der Waals surface area (Å²) < 4.78 is 21.2. The summed E-state index contributed by atoms with van der Waals surface area (Å²) in [4.78, 5) is 0. The van der Waals surface area contributed by atoms with Crippen molar-refractivity contribution in [2.75, 3.05) is 33.8 Å². The maximum absolute atomic E-state index is 5.31. The van der Waals surface area contributed by atoms with Crippen LogP contribution in [0.25, 0.3) is 0 Å². The molecule has 0 bridgehead atoms. The normalized spacial score (nSPS) is 10.3. The van der Waals surface area contributed by atoms with Crippen molar-refractivity contribution in [1.29, 1.82) is 0 Å². The van der Waals surface area contributed by atoms with E-state index >= 15 is 0 Å². The predicted molar refractivity (Wildman–Crippen MR) is 106 cm³/mol. The van der Waals surface area contributed by atoms with Gasteiger partial charge in [-0.15, -0.1) is 0 Å². The number of nitrogens with zero attached hydrogens (tertiary/aromatic N) is 1. The molecule has 0 atom stereocenters. The van der Waals surface area contributed by atoms with Gasteiger partial charge in [0, 0.05) is 5.56 Å². The molecule has 0 heterocycles. The van der Waals surface area contributed by atoms with Crippen LogP contribution in [0.2, 0.25) is 0 Å². The molecule has 2 N–H and O–H groups in total. The van der Waals surface area contributed by atoms with Gasteiger partial charge in [0.1, 0.15) is 5.75 Å². The second-order valence-corrected chi connectivity index (χ2v) is 5.39. The molecule has 0 aliphatic carbocycles. The zero-order chi connectivity index (χ0) is 18.9. The van der Waals surface area contributed by atoms with E-state index in [0.29, 0.717) is 28.1 Å². The Kier molecular flexibility index (Phi) is 7.04. The van der Waals surface area contributed by atoms with Gasteiger partial charge in [-0.25, -0.2) is 0 Å². The van der Waals surface area contributed by atoms with Crippen LogP contribution < -0.4 is 29.7 Å². The lowest BCUT2D eigenvalue weighted by molar-refractivity contribution is 0.324. The molecule has 0 unspecified atom stereocenters. The van der Waals surface area contributed by atoms with E-state index in [4.69, 9.17) is 31.2 Å². The first-order valence-corrected chi connectivity index (χ1v) is 8.06. The van der Waals surface area contributed by atoms with Crippen molar-refractivity contribution in [2.24, 2.45) is 5.10 Å². The maximum atomic E-state index is 5.31. The molecule has 0 saturated heterocycles. The van der Waals surface area contributed by atoms with Gasteiger partial charge in [0.2, 0.25) is 5.75 Å². The Labute approximate surface area is 157 Å². The molecule has 0 aliphatic heterocycles. The highest BCUT2D eigenvalue weighted by Crippen LogP contribution is 2.37. The van der Waals surface area contributed by atoms with E-state index in [2.05, 4.69) is 15.8 Å². The van der Waals surface area contributed by atoms with Crippen LogP contribution in [-0.4, -0.2) is 39.8 Å². The number of rotatable bonds is 7. The molecule has 2 aromatic rings. The number of hydrazone groups is 1. The highest BCUT2D eigenvalue weighted by Gasteiger charge is 2.12. The number of benzene rings is 2. The number of hydrogen-bond donors (Lipinski definition) is 2. The molecule has 8 heteroatoms. The van der Waals surface area contributed by atoms with Crippen molar-refractivity contribution in [2.45, 2.75) is 0 Å². The molecule has 0 amide bonds. The molecular weight excluding hydrogens is 354 g/mol. The minimum Gasteiger partial charge on any atom is -0.495 e. The Morgan fingerprint density at radius 3 is 2.12 bits per heavy atom. The molecule has 7 nitrogen and oxygen atoms in total. The molecule has 26 heavy (non-hydrogen) atoms. The van der Waals surface area contributed by atoms with Gasteiger partial charge in [-0.2, -0.15) is 5.10 Å². The van der Waals surface area contributed by atoms with Crippen molar-refractivity contribution in [3.8, 4) is 23.0 Å². The quantitative estimate of drug-likeness (QED) is 0.438. The molecule has 0 saturated carbocycles. The fourth-order valence-electron chi connectivity index (χ4n) is 2.24. The third-order valence-electron chi connectivity index (χ3n) is 3.42. The van der Waals surface area contributed by atoms with E-state index in [0.717, 1.165) is 11.3 Å². The van der Waals surface area contributed by atoms with Crippen molar-refractivity contribution in [3.05, 3.63) is 42.0 Å². The summed E-state index contributed by atoms with van der Waals surface area (Å²) in [5, 5.41) is 7.48. The molecule has 0 aromatic heterocycles. The first-order chi connectivity index (χ1) is 12.6. The van der Waals surface area contributed by atoms with Crippen LogP contribution in [0.4, 0.5) is 5.69 Å². The van der Waals surface area contributed by atoms with E-state index < -0.39 is 0 Å². The summed E-state index contributed by atoms with van der Waals surface area (Å²) in [6, 6.07) is 11.0. The Morgan fingerprint density at radius 1 is 0.923 bits per heavy atom. The first kappa shape index (κ1) is 19.3. The Hall–Kier alpha value is -3.00. The Bertz CT molecular complexity index is 771. The van der Waals surface area contributed by atoms with Gasteiger partial charge in [0.15, 0.2) is 16.6 Å². The topological polar surface area (TPSA) is 73.3 Å². The average Bonchev–Trinajstić information content (AvgIpc) is 2.67. The van der Waals surface area contributed by atoms with Gasteiger partial charge in [0.25, 0.3) is 0 Å². The van der Waals surface area contributed by atoms with Crippen molar-refractivity contribution >= 4 is 29.2 Å². The monoisotopic (exact) mass is 375 g/mol. The van der Waals surface area contributed by atoms with E-state index in [1.54, 1.807) is 46.8 Å². The van der Waals surface area contributed by atoms with Crippen LogP contribution in [0, 0.1) is 0 Å². The molecule has 2 rings (SSSR count). The number of para-hydroxylation sites is 2. The lowest BCUT2D eigenvalue weighted by atomic mass is 10.2. The lowest BCUT2D eigenvalue weighted by Crippen LogP contribution is -2.24. The standard InChI is InChI=1S/C18H21N3O4S/c1-22-14-8-6-5-7-13(14)20-18(26)21-19-11-12-9-15(23-2)17(25-4)16(10-12)24-3/h5-11H,1-4H3,(H2,20,21,26)/b19-11-. The third-order valence-corrected chi connectivity index (χ3v) is 3.62.